The monoisotopic (exact) mass is 503 g/mol. The average molecular weight is 505 g/mol. The van der Waals surface area contributed by atoms with Gasteiger partial charge in [-0.1, -0.05) is 25.9 Å². The van der Waals surface area contributed by atoms with Crippen molar-refractivity contribution in [1.82, 2.24) is 0 Å². The molecule has 0 fully saturated rings. The minimum Gasteiger partial charge on any atom is -0.493 e. The molecule has 0 N–H and O–H groups in total. The molecule has 0 bridgehead atoms. The van der Waals surface area contributed by atoms with Crippen LogP contribution in [0.4, 0.5) is 0 Å². The Kier molecular flexibility index (Phi) is 11.8. The van der Waals surface area contributed by atoms with Crippen LogP contribution in [-0.4, -0.2) is 25.5 Å². The first kappa shape index (κ1) is 24.0. The molecule has 0 heterocycles. The molecular weight excluding hydrogens is 474 g/mol. The third-order valence-corrected chi connectivity index (χ3v) is 4.43. The third kappa shape index (κ3) is 9.65. The number of unbranched alkanes of at least 4 members (excludes halogenated alkanes) is 1. The first-order valence-corrected chi connectivity index (χ1v) is 11.0. The molecule has 0 aromatic heterocycles. The van der Waals surface area contributed by atoms with Crippen LogP contribution in [0.3, 0.4) is 0 Å². The van der Waals surface area contributed by atoms with E-state index in [0.29, 0.717) is 25.7 Å². The highest BCUT2D eigenvalue weighted by Crippen LogP contribution is 2.35. The van der Waals surface area contributed by atoms with E-state index in [0.717, 1.165) is 39.9 Å². The number of ether oxygens (including phenoxy) is 2. The van der Waals surface area contributed by atoms with Crippen LogP contribution in [-0.2, 0) is 11.3 Å². The number of halogens is 2. The highest BCUT2D eigenvalue weighted by molar-refractivity contribution is 9.28. The lowest BCUT2D eigenvalue weighted by Crippen LogP contribution is -2.06. The molecule has 27 heavy (non-hydrogen) atoms. The van der Waals surface area contributed by atoms with Crippen molar-refractivity contribution in [3.63, 3.8) is 0 Å². The van der Waals surface area contributed by atoms with Crippen molar-refractivity contribution in [2.75, 3.05) is 19.8 Å². The van der Waals surface area contributed by atoms with E-state index in [1.54, 1.807) is 0 Å². The van der Waals surface area contributed by atoms with Gasteiger partial charge in [-0.2, -0.15) is 0 Å². The van der Waals surface area contributed by atoms with Crippen LogP contribution in [0.5, 0.6) is 11.5 Å². The summed E-state index contributed by atoms with van der Waals surface area (Å²) < 4.78 is 12.9. The molecule has 0 aliphatic carbocycles. The Balaban J connectivity index is 2.73. The van der Waals surface area contributed by atoms with Crippen LogP contribution >= 0.6 is 31.9 Å². The maximum absolute atomic E-state index is 6.17. The van der Waals surface area contributed by atoms with Gasteiger partial charge in [0.05, 0.1) is 15.7 Å². The van der Waals surface area contributed by atoms with E-state index in [9.17, 15) is 0 Å². The largest absolute Gasteiger partial charge is 0.493 e. The van der Waals surface area contributed by atoms with Crippen LogP contribution in [0.25, 0.3) is 0 Å². The lowest BCUT2D eigenvalue weighted by molar-refractivity contribution is 0.135. The van der Waals surface area contributed by atoms with Crippen molar-refractivity contribution in [2.24, 2.45) is 5.16 Å². The van der Waals surface area contributed by atoms with Gasteiger partial charge in [0.25, 0.3) is 0 Å². The molecule has 0 amide bonds. The van der Waals surface area contributed by atoms with Crippen LogP contribution < -0.4 is 9.47 Å². The molecule has 1 aromatic carbocycles. The lowest BCUT2D eigenvalue weighted by atomic mass is 9.97. The highest BCUT2D eigenvalue weighted by Gasteiger charge is 2.15. The summed E-state index contributed by atoms with van der Waals surface area (Å²) >= 11 is 6.69. The normalized spacial score (nSPS) is 10.5. The number of rotatable bonds is 12. The molecule has 0 saturated heterocycles. The summed E-state index contributed by atoms with van der Waals surface area (Å²) in [6.07, 6.45) is 4.68. The number of benzene rings is 1. The van der Waals surface area contributed by atoms with Crippen LogP contribution in [0.15, 0.2) is 26.8 Å². The third-order valence-electron chi connectivity index (χ3n) is 3.78. The van der Waals surface area contributed by atoms with Crippen molar-refractivity contribution in [3.05, 3.63) is 32.7 Å². The second-order valence-corrected chi connectivity index (χ2v) is 9.51. The van der Waals surface area contributed by atoms with E-state index < -0.39 is 0 Å². The summed E-state index contributed by atoms with van der Waals surface area (Å²) in [6, 6.07) is 4.18. The predicted octanol–water partition coefficient (Wildman–Crippen LogP) is 6.95. The van der Waals surface area contributed by atoms with Crippen LogP contribution in [0, 0.1) is 0 Å². The van der Waals surface area contributed by atoms with Gasteiger partial charge in [-0.3, -0.25) is 0 Å². The Morgan fingerprint density at radius 1 is 1.11 bits per heavy atom. The minimum atomic E-state index is 0.359. The smallest absolute Gasteiger partial charge is 0.126 e. The predicted molar refractivity (Wildman–Crippen MR) is 121 cm³/mol. The molecule has 0 unspecified atom stereocenters. The van der Waals surface area contributed by atoms with Gasteiger partial charge in [0.2, 0.25) is 0 Å². The molecule has 4 nitrogen and oxygen atoms in total. The first-order valence-electron chi connectivity index (χ1n) is 9.41. The molecule has 0 spiro atoms. The minimum absolute atomic E-state index is 0.359. The zero-order valence-electron chi connectivity index (χ0n) is 17.0. The fourth-order valence-electron chi connectivity index (χ4n) is 2.45. The van der Waals surface area contributed by atoms with E-state index in [2.05, 4.69) is 69.9 Å². The van der Waals surface area contributed by atoms with Gasteiger partial charge in [0.1, 0.15) is 24.7 Å². The van der Waals surface area contributed by atoms with Gasteiger partial charge in [-0.25, -0.2) is 0 Å². The van der Waals surface area contributed by atoms with Crippen molar-refractivity contribution >= 4 is 37.6 Å². The standard InChI is InChI=1S/C21H31Br2NO3/c1-6-17-13-18(25-12-9-20(22)23)14-19(15(2)3)21(17)26-10-7-8-11-27-24-16(4)5/h9,13-15H,6-8,10-12H2,1-5H3. The number of oxime groups is 1. The fraction of sp³-hybridized carbons (Fsp3) is 0.571. The van der Waals surface area contributed by atoms with Gasteiger partial charge >= 0.3 is 0 Å². The van der Waals surface area contributed by atoms with Crippen LogP contribution in [0.2, 0.25) is 0 Å². The Bertz CT molecular complexity index is 635. The second kappa shape index (κ2) is 13.2. The molecule has 1 rings (SSSR count). The van der Waals surface area contributed by atoms with Gasteiger partial charge in [-0.15, -0.1) is 0 Å². The van der Waals surface area contributed by atoms with E-state index in [4.69, 9.17) is 14.3 Å². The number of aryl methyl sites for hydroxylation is 1. The molecular formula is C21H31Br2NO3. The molecule has 0 atom stereocenters. The maximum Gasteiger partial charge on any atom is 0.126 e. The van der Waals surface area contributed by atoms with E-state index in [1.807, 2.05) is 19.9 Å². The first-order chi connectivity index (χ1) is 12.8. The number of hydrogen-bond donors (Lipinski definition) is 0. The summed E-state index contributed by atoms with van der Waals surface area (Å²) in [7, 11) is 0. The van der Waals surface area contributed by atoms with Gasteiger partial charge in [0, 0.05) is 5.56 Å². The Hall–Kier alpha value is -1.01. The summed E-state index contributed by atoms with van der Waals surface area (Å²) in [5.41, 5.74) is 3.30. The topological polar surface area (TPSA) is 40.0 Å². The maximum atomic E-state index is 6.17. The number of nitrogens with zero attached hydrogens (tertiary/aromatic N) is 1. The Morgan fingerprint density at radius 2 is 1.81 bits per heavy atom. The molecule has 1 aromatic rings. The average Bonchev–Trinajstić information content (AvgIpc) is 2.60. The molecule has 152 valence electrons. The summed E-state index contributed by atoms with van der Waals surface area (Å²) in [4.78, 5) is 5.23. The van der Waals surface area contributed by atoms with Crippen molar-refractivity contribution in [2.45, 2.75) is 59.8 Å². The van der Waals surface area contributed by atoms with E-state index in [1.165, 1.54) is 11.1 Å². The molecule has 6 heteroatoms. The zero-order valence-corrected chi connectivity index (χ0v) is 20.2. The Morgan fingerprint density at radius 3 is 2.41 bits per heavy atom. The summed E-state index contributed by atoms with van der Waals surface area (Å²) in [5.74, 6) is 2.24. The fourth-order valence-corrected chi connectivity index (χ4v) is 2.72. The van der Waals surface area contributed by atoms with Gasteiger partial charge in [0.15, 0.2) is 0 Å². The second-order valence-electron chi connectivity index (χ2n) is 6.74. The Labute approximate surface area is 180 Å². The highest BCUT2D eigenvalue weighted by atomic mass is 79.9. The van der Waals surface area contributed by atoms with E-state index in [-0.39, 0.29) is 0 Å². The quantitative estimate of drug-likeness (QED) is 0.175. The van der Waals surface area contributed by atoms with Gasteiger partial charge in [-0.05, 0) is 94.7 Å². The molecule has 0 aliphatic heterocycles. The summed E-state index contributed by atoms with van der Waals surface area (Å²) in [5, 5.41) is 3.94. The SMILES string of the molecule is CCc1cc(OCC=C(Br)Br)cc(C(C)C)c1OCCCCON=C(C)C. The van der Waals surface area contributed by atoms with Crippen molar-refractivity contribution in [3.8, 4) is 11.5 Å². The van der Waals surface area contributed by atoms with Crippen molar-refractivity contribution in [1.29, 1.82) is 0 Å². The summed E-state index contributed by atoms with van der Waals surface area (Å²) in [6.45, 7) is 12.1. The van der Waals surface area contributed by atoms with Gasteiger partial charge < -0.3 is 14.3 Å². The lowest BCUT2D eigenvalue weighted by Gasteiger charge is -2.19. The molecule has 0 aliphatic rings. The number of hydrogen-bond acceptors (Lipinski definition) is 4. The zero-order chi connectivity index (χ0) is 20.2. The van der Waals surface area contributed by atoms with E-state index >= 15 is 0 Å². The van der Waals surface area contributed by atoms with Crippen LogP contribution in [0.1, 0.15) is 64.5 Å². The molecule has 0 radical (unpaired) electrons. The molecule has 0 saturated carbocycles. The van der Waals surface area contributed by atoms with Crippen molar-refractivity contribution < 1.29 is 14.3 Å².